The van der Waals surface area contributed by atoms with Crippen molar-refractivity contribution in [3.05, 3.63) is 28.8 Å². The fraction of sp³-hybridized carbons (Fsp3) is 0.333. The lowest BCUT2D eigenvalue weighted by Crippen LogP contribution is -2.41. The standard InChI is InChI=1S/C12H12ClNO4/c1-17-12(16)8-2-3-10(9(13)6-8)14-4-5-18-7-11(14)15/h2-3,6H,4-5,7H2,1H3. The highest BCUT2D eigenvalue weighted by atomic mass is 35.5. The van der Waals surface area contributed by atoms with Crippen LogP contribution >= 0.6 is 11.6 Å². The number of rotatable bonds is 2. The minimum Gasteiger partial charge on any atom is -0.465 e. The van der Waals surface area contributed by atoms with Crippen molar-refractivity contribution in [3.8, 4) is 0 Å². The van der Waals surface area contributed by atoms with Crippen LogP contribution in [0.3, 0.4) is 0 Å². The van der Waals surface area contributed by atoms with Crippen molar-refractivity contribution in [2.75, 3.05) is 31.8 Å². The number of anilines is 1. The van der Waals surface area contributed by atoms with Crippen molar-refractivity contribution in [2.45, 2.75) is 0 Å². The number of halogens is 1. The molecule has 1 aromatic rings. The quantitative estimate of drug-likeness (QED) is 0.764. The van der Waals surface area contributed by atoms with E-state index in [1.54, 1.807) is 17.0 Å². The first-order valence-corrected chi connectivity index (χ1v) is 5.77. The van der Waals surface area contributed by atoms with Crippen molar-refractivity contribution in [3.63, 3.8) is 0 Å². The molecule has 0 aromatic heterocycles. The first kappa shape index (κ1) is 12.9. The fourth-order valence-corrected chi connectivity index (χ4v) is 2.03. The second-order valence-electron chi connectivity index (χ2n) is 3.76. The summed E-state index contributed by atoms with van der Waals surface area (Å²) in [4.78, 5) is 24.6. The van der Waals surface area contributed by atoms with E-state index in [-0.39, 0.29) is 12.5 Å². The highest BCUT2D eigenvalue weighted by Gasteiger charge is 2.22. The van der Waals surface area contributed by atoms with E-state index in [0.29, 0.717) is 29.4 Å². The zero-order valence-electron chi connectivity index (χ0n) is 9.81. The SMILES string of the molecule is COC(=O)c1ccc(N2CCOCC2=O)c(Cl)c1. The molecule has 5 nitrogen and oxygen atoms in total. The Morgan fingerprint density at radius 1 is 1.50 bits per heavy atom. The Hall–Kier alpha value is -1.59. The van der Waals surface area contributed by atoms with Gasteiger partial charge in [-0.15, -0.1) is 0 Å². The number of methoxy groups -OCH3 is 1. The summed E-state index contributed by atoms with van der Waals surface area (Å²) in [6.07, 6.45) is 0. The summed E-state index contributed by atoms with van der Waals surface area (Å²) in [5.74, 6) is -0.606. The van der Waals surface area contributed by atoms with Crippen LogP contribution in [-0.2, 0) is 14.3 Å². The molecule has 1 saturated heterocycles. The molecular formula is C12H12ClNO4. The summed E-state index contributed by atoms with van der Waals surface area (Å²) in [6, 6.07) is 4.71. The highest BCUT2D eigenvalue weighted by molar-refractivity contribution is 6.34. The van der Waals surface area contributed by atoms with Gasteiger partial charge >= 0.3 is 5.97 Å². The molecule has 0 saturated carbocycles. The summed E-state index contributed by atoms with van der Waals surface area (Å²) >= 11 is 6.09. The summed E-state index contributed by atoms with van der Waals surface area (Å²) in [6.45, 7) is 0.978. The van der Waals surface area contributed by atoms with Gasteiger partial charge in [0, 0.05) is 6.54 Å². The van der Waals surface area contributed by atoms with Crippen molar-refractivity contribution < 1.29 is 19.1 Å². The normalized spacial score (nSPS) is 15.7. The molecule has 1 fully saturated rings. The number of amides is 1. The number of esters is 1. The molecule has 1 amide bonds. The van der Waals surface area contributed by atoms with Gasteiger partial charge in [-0.3, -0.25) is 4.79 Å². The zero-order valence-corrected chi connectivity index (χ0v) is 10.6. The second kappa shape index (κ2) is 5.37. The van der Waals surface area contributed by atoms with E-state index in [9.17, 15) is 9.59 Å². The maximum Gasteiger partial charge on any atom is 0.337 e. The maximum absolute atomic E-state index is 11.7. The Balaban J connectivity index is 2.29. The van der Waals surface area contributed by atoms with Crippen LogP contribution in [0, 0.1) is 0 Å². The molecule has 1 aromatic carbocycles. The summed E-state index contributed by atoms with van der Waals surface area (Å²) < 4.78 is 9.64. The van der Waals surface area contributed by atoms with E-state index in [1.165, 1.54) is 13.2 Å². The lowest BCUT2D eigenvalue weighted by atomic mass is 10.2. The Morgan fingerprint density at radius 2 is 2.28 bits per heavy atom. The first-order chi connectivity index (χ1) is 8.63. The molecule has 0 atom stereocenters. The molecule has 18 heavy (non-hydrogen) atoms. The number of hydrogen-bond acceptors (Lipinski definition) is 4. The van der Waals surface area contributed by atoms with Gasteiger partial charge in [0.05, 0.1) is 30.0 Å². The van der Waals surface area contributed by atoms with Crippen LogP contribution in [0.2, 0.25) is 5.02 Å². The molecule has 0 spiro atoms. The molecule has 0 aliphatic carbocycles. The predicted molar refractivity (Wildman–Crippen MR) is 66.0 cm³/mol. The van der Waals surface area contributed by atoms with E-state index in [1.807, 2.05) is 0 Å². The molecular weight excluding hydrogens is 258 g/mol. The smallest absolute Gasteiger partial charge is 0.337 e. The predicted octanol–water partition coefficient (Wildman–Crippen LogP) is 1.49. The number of benzene rings is 1. The number of carbonyl (C=O) groups is 2. The van der Waals surface area contributed by atoms with Gasteiger partial charge in [0.15, 0.2) is 0 Å². The molecule has 2 rings (SSSR count). The van der Waals surface area contributed by atoms with Crippen molar-refractivity contribution in [1.29, 1.82) is 0 Å². The van der Waals surface area contributed by atoms with Crippen molar-refractivity contribution in [2.24, 2.45) is 0 Å². The number of nitrogens with zero attached hydrogens (tertiary/aromatic N) is 1. The van der Waals surface area contributed by atoms with E-state index in [4.69, 9.17) is 16.3 Å². The Kier molecular flexibility index (Phi) is 3.84. The highest BCUT2D eigenvalue weighted by Crippen LogP contribution is 2.28. The molecule has 0 radical (unpaired) electrons. The number of carbonyl (C=O) groups excluding carboxylic acids is 2. The van der Waals surface area contributed by atoms with Crippen LogP contribution in [0.15, 0.2) is 18.2 Å². The van der Waals surface area contributed by atoms with Gasteiger partial charge in [-0.2, -0.15) is 0 Å². The molecule has 0 N–H and O–H groups in total. The monoisotopic (exact) mass is 269 g/mol. The zero-order chi connectivity index (χ0) is 13.1. The van der Waals surface area contributed by atoms with Crippen LogP contribution in [0.4, 0.5) is 5.69 Å². The van der Waals surface area contributed by atoms with Crippen LogP contribution < -0.4 is 4.90 Å². The fourth-order valence-electron chi connectivity index (χ4n) is 1.74. The Bertz CT molecular complexity index is 489. The van der Waals surface area contributed by atoms with Gasteiger partial charge in [0.2, 0.25) is 0 Å². The maximum atomic E-state index is 11.7. The van der Waals surface area contributed by atoms with E-state index in [2.05, 4.69) is 4.74 Å². The average Bonchev–Trinajstić information content (AvgIpc) is 2.39. The summed E-state index contributed by atoms with van der Waals surface area (Å²) in [7, 11) is 1.30. The minimum atomic E-state index is -0.461. The number of morpholine rings is 1. The van der Waals surface area contributed by atoms with Crippen LogP contribution in [-0.4, -0.2) is 38.7 Å². The Morgan fingerprint density at radius 3 is 2.89 bits per heavy atom. The van der Waals surface area contributed by atoms with Gasteiger partial charge in [0.25, 0.3) is 5.91 Å². The number of ether oxygens (including phenoxy) is 2. The van der Waals surface area contributed by atoms with Crippen molar-refractivity contribution in [1.82, 2.24) is 0 Å². The van der Waals surface area contributed by atoms with Gasteiger partial charge < -0.3 is 14.4 Å². The van der Waals surface area contributed by atoms with Crippen LogP contribution in [0.5, 0.6) is 0 Å². The molecule has 0 unspecified atom stereocenters. The van der Waals surface area contributed by atoms with E-state index >= 15 is 0 Å². The molecule has 1 aliphatic rings. The summed E-state index contributed by atoms with van der Waals surface area (Å²) in [5.41, 5.74) is 0.935. The minimum absolute atomic E-state index is 0.0507. The molecule has 1 heterocycles. The lowest BCUT2D eigenvalue weighted by molar-refractivity contribution is -0.125. The van der Waals surface area contributed by atoms with Crippen LogP contribution in [0.25, 0.3) is 0 Å². The van der Waals surface area contributed by atoms with Crippen LogP contribution in [0.1, 0.15) is 10.4 Å². The van der Waals surface area contributed by atoms with Gasteiger partial charge in [0.1, 0.15) is 6.61 Å². The molecule has 96 valence electrons. The third-order valence-corrected chi connectivity index (χ3v) is 2.95. The first-order valence-electron chi connectivity index (χ1n) is 5.39. The molecule has 1 aliphatic heterocycles. The van der Waals surface area contributed by atoms with E-state index in [0.717, 1.165) is 0 Å². The lowest BCUT2D eigenvalue weighted by Gasteiger charge is -2.27. The topological polar surface area (TPSA) is 55.8 Å². The largest absolute Gasteiger partial charge is 0.465 e. The van der Waals surface area contributed by atoms with Crippen molar-refractivity contribution >= 4 is 29.2 Å². The Labute approximate surface area is 109 Å². The van der Waals surface area contributed by atoms with E-state index < -0.39 is 5.97 Å². The van der Waals surface area contributed by atoms with Gasteiger partial charge in [-0.1, -0.05) is 11.6 Å². The summed E-state index contributed by atoms with van der Waals surface area (Å²) in [5, 5.41) is 0.341. The average molecular weight is 270 g/mol. The van der Waals surface area contributed by atoms with Gasteiger partial charge in [-0.25, -0.2) is 4.79 Å². The number of hydrogen-bond donors (Lipinski definition) is 0. The molecule has 6 heteroatoms. The van der Waals surface area contributed by atoms with Gasteiger partial charge in [-0.05, 0) is 18.2 Å². The third kappa shape index (κ3) is 2.47. The second-order valence-corrected chi connectivity index (χ2v) is 4.16. The third-order valence-electron chi connectivity index (χ3n) is 2.65. The molecule has 0 bridgehead atoms.